The first-order valence-electron chi connectivity index (χ1n) is 8.29. The van der Waals surface area contributed by atoms with Crippen LogP contribution in [0.5, 0.6) is 0 Å². The number of hydrogen-bond acceptors (Lipinski definition) is 5. The van der Waals surface area contributed by atoms with Crippen LogP contribution in [0.15, 0.2) is 10.5 Å². The van der Waals surface area contributed by atoms with Crippen molar-refractivity contribution < 1.29 is 14.3 Å². The number of nitrogens with two attached hydrogens (primary N) is 1. The van der Waals surface area contributed by atoms with E-state index in [-0.39, 0.29) is 35.3 Å². The molecule has 0 radical (unpaired) electrons. The van der Waals surface area contributed by atoms with Crippen molar-refractivity contribution in [1.29, 1.82) is 0 Å². The Balaban J connectivity index is 1.57. The molecule has 1 aliphatic carbocycles. The van der Waals surface area contributed by atoms with Gasteiger partial charge in [-0.05, 0) is 43.6 Å². The first kappa shape index (κ1) is 16.8. The fourth-order valence-electron chi connectivity index (χ4n) is 3.86. The SMILES string of the molecule is CC1CN(CC(=O)NC2SC3=C(CCC3)C2C(N)=O)CC(C)O1. The Kier molecular flexibility index (Phi) is 4.98. The van der Waals surface area contributed by atoms with Gasteiger partial charge < -0.3 is 15.8 Å². The van der Waals surface area contributed by atoms with Crippen molar-refractivity contribution in [2.24, 2.45) is 11.7 Å². The third kappa shape index (κ3) is 3.72. The lowest BCUT2D eigenvalue weighted by atomic mass is 9.97. The van der Waals surface area contributed by atoms with Crippen molar-refractivity contribution >= 4 is 23.6 Å². The summed E-state index contributed by atoms with van der Waals surface area (Å²) < 4.78 is 5.68. The fraction of sp³-hybridized carbons (Fsp3) is 0.750. The number of rotatable bonds is 4. The number of thioether (sulfide) groups is 1. The number of hydrogen-bond donors (Lipinski definition) is 2. The molecule has 3 N–H and O–H groups in total. The summed E-state index contributed by atoms with van der Waals surface area (Å²) in [6, 6.07) is 0. The molecule has 0 aromatic heterocycles. The highest BCUT2D eigenvalue weighted by Crippen LogP contribution is 2.49. The van der Waals surface area contributed by atoms with Gasteiger partial charge in [0.25, 0.3) is 0 Å². The van der Waals surface area contributed by atoms with Crippen LogP contribution in [-0.2, 0) is 14.3 Å². The minimum absolute atomic E-state index is 0.0452. The number of morpholine rings is 1. The van der Waals surface area contributed by atoms with Gasteiger partial charge in [0.1, 0.15) is 0 Å². The van der Waals surface area contributed by atoms with Gasteiger partial charge in [-0.2, -0.15) is 0 Å². The molecule has 128 valence electrons. The molecule has 4 atom stereocenters. The van der Waals surface area contributed by atoms with Crippen LogP contribution in [0.4, 0.5) is 0 Å². The number of allylic oxidation sites excluding steroid dienone is 1. The lowest BCUT2D eigenvalue weighted by Gasteiger charge is -2.35. The van der Waals surface area contributed by atoms with Crippen LogP contribution >= 0.6 is 11.8 Å². The molecule has 0 saturated carbocycles. The molecule has 7 heteroatoms. The molecular formula is C16H25N3O3S. The number of carbonyl (C=O) groups is 2. The Morgan fingerprint density at radius 1 is 1.30 bits per heavy atom. The van der Waals surface area contributed by atoms with E-state index in [4.69, 9.17) is 10.5 Å². The third-order valence-electron chi connectivity index (χ3n) is 4.63. The highest BCUT2D eigenvalue weighted by molar-refractivity contribution is 8.04. The molecule has 1 saturated heterocycles. The molecule has 1 fully saturated rings. The quantitative estimate of drug-likeness (QED) is 0.792. The highest BCUT2D eigenvalue weighted by atomic mass is 32.2. The van der Waals surface area contributed by atoms with Crippen LogP contribution in [0.2, 0.25) is 0 Å². The zero-order valence-electron chi connectivity index (χ0n) is 13.7. The van der Waals surface area contributed by atoms with Crippen LogP contribution in [0, 0.1) is 5.92 Å². The molecule has 2 heterocycles. The van der Waals surface area contributed by atoms with E-state index in [1.54, 1.807) is 11.8 Å². The number of carbonyl (C=O) groups excluding carboxylic acids is 2. The summed E-state index contributed by atoms with van der Waals surface area (Å²) in [6.07, 6.45) is 3.30. The summed E-state index contributed by atoms with van der Waals surface area (Å²) in [4.78, 5) is 27.6. The van der Waals surface area contributed by atoms with Crippen molar-refractivity contribution in [2.45, 2.75) is 50.7 Å². The molecular weight excluding hydrogens is 314 g/mol. The van der Waals surface area contributed by atoms with Crippen molar-refractivity contribution in [3.63, 3.8) is 0 Å². The van der Waals surface area contributed by atoms with Gasteiger partial charge in [0.15, 0.2) is 0 Å². The van der Waals surface area contributed by atoms with Crippen molar-refractivity contribution in [3.8, 4) is 0 Å². The van der Waals surface area contributed by atoms with Crippen molar-refractivity contribution in [1.82, 2.24) is 10.2 Å². The maximum Gasteiger partial charge on any atom is 0.235 e. The Morgan fingerprint density at radius 2 is 2.00 bits per heavy atom. The number of amides is 2. The molecule has 3 aliphatic rings. The molecule has 2 amide bonds. The van der Waals surface area contributed by atoms with Gasteiger partial charge in [-0.15, -0.1) is 11.8 Å². The second-order valence-electron chi connectivity index (χ2n) is 6.74. The lowest BCUT2D eigenvalue weighted by molar-refractivity contribution is -0.126. The molecule has 2 aliphatic heterocycles. The molecule has 3 rings (SSSR count). The Morgan fingerprint density at radius 3 is 2.65 bits per heavy atom. The topological polar surface area (TPSA) is 84.7 Å². The third-order valence-corrected chi connectivity index (χ3v) is 6.02. The summed E-state index contributed by atoms with van der Waals surface area (Å²) in [5.74, 6) is -0.719. The van der Waals surface area contributed by atoms with Crippen LogP contribution in [0.1, 0.15) is 33.1 Å². The Hall–Kier alpha value is -1.05. The van der Waals surface area contributed by atoms with E-state index in [0.717, 1.165) is 37.9 Å². The van der Waals surface area contributed by atoms with Crippen LogP contribution in [0.25, 0.3) is 0 Å². The Labute approximate surface area is 141 Å². The van der Waals surface area contributed by atoms with E-state index >= 15 is 0 Å². The van der Waals surface area contributed by atoms with E-state index in [2.05, 4.69) is 10.2 Å². The molecule has 0 spiro atoms. The zero-order chi connectivity index (χ0) is 16.6. The summed E-state index contributed by atoms with van der Waals surface area (Å²) in [6.45, 7) is 5.88. The van der Waals surface area contributed by atoms with Gasteiger partial charge >= 0.3 is 0 Å². The van der Waals surface area contributed by atoms with Gasteiger partial charge in [0, 0.05) is 13.1 Å². The fourth-order valence-corrected chi connectivity index (χ4v) is 5.44. The van der Waals surface area contributed by atoms with Crippen LogP contribution < -0.4 is 11.1 Å². The summed E-state index contributed by atoms with van der Waals surface area (Å²) >= 11 is 1.61. The number of primary amides is 1. The summed E-state index contributed by atoms with van der Waals surface area (Å²) in [5, 5.41) is 2.78. The van der Waals surface area contributed by atoms with E-state index in [0.29, 0.717) is 6.54 Å². The van der Waals surface area contributed by atoms with Crippen molar-refractivity contribution in [3.05, 3.63) is 10.5 Å². The van der Waals surface area contributed by atoms with Gasteiger partial charge in [0.2, 0.25) is 11.8 Å². The van der Waals surface area contributed by atoms with Gasteiger partial charge in [-0.25, -0.2) is 0 Å². The second-order valence-corrected chi connectivity index (χ2v) is 7.98. The Bertz CT molecular complexity index is 527. The first-order chi connectivity index (χ1) is 10.9. The predicted molar refractivity (Wildman–Crippen MR) is 89.5 cm³/mol. The predicted octanol–water partition coefficient (Wildman–Crippen LogP) is 0.824. The summed E-state index contributed by atoms with van der Waals surface area (Å²) in [7, 11) is 0. The molecule has 0 aromatic carbocycles. The van der Waals surface area contributed by atoms with E-state index in [1.807, 2.05) is 13.8 Å². The van der Waals surface area contributed by atoms with Gasteiger partial charge in [-0.3, -0.25) is 14.5 Å². The lowest BCUT2D eigenvalue weighted by Crippen LogP contribution is -2.51. The number of ether oxygens (including phenoxy) is 1. The highest BCUT2D eigenvalue weighted by Gasteiger charge is 2.41. The molecule has 23 heavy (non-hydrogen) atoms. The van der Waals surface area contributed by atoms with Gasteiger partial charge in [0.05, 0.1) is 30.0 Å². The average Bonchev–Trinajstić information content (AvgIpc) is 2.96. The standard InChI is InChI=1S/C16H25N3O3S/c1-9-6-19(7-10(2)22-9)8-13(20)18-16-14(15(17)21)11-4-3-5-12(11)23-16/h9-10,14,16H,3-8H2,1-2H3,(H2,17,21)(H,18,20). The van der Waals surface area contributed by atoms with Gasteiger partial charge in [-0.1, -0.05) is 0 Å². The average molecular weight is 339 g/mol. The van der Waals surface area contributed by atoms with Crippen LogP contribution in [-0.4, -0.2) is 53.9 Å². The largest absolute Gasteiger partial charge is 0.373 e. The minimum Gasteiger partial charge on any atom is -0.373 e. The smallest absolute Gasteiger partial charge is 0.235 e. The maximum atomic E-state index is 12.4. The number of nitrogens with one attached hydrogen (secondary N) is 1. The minimum atomic E-state index is -0.344. The van der Waals surface area contributed by atoms with E-state index in [9.17, 15) is 9.59 Å². The molecule has 0 bridgehead atoms. The normalized spacial score (nSPS) is 34.5. The molecule has 4 unspecified atom stereocenters. The zero-order valence-corrected chi connectivity index (χ0v) is 14.5. The molecule has 0 aromatic rings. The first-order valence-corrected chi connectivity index (χ1v) is 9.17. The van der Waals surface area contributed by atoms with Crippen molar-refractivity contribution in [2.75, 3.05) is 19.6 Å². The van der Waals surface area contributed by atoms with E-state index in [1.165, 1.54) is 4.91 Å². The second kappa shape index (κ2) is 6.83. The molecule has 6 nitrogen and oxygen atoms in total. The van der Waals surface area contributed by atoms with Crippen LogP contribution in [0.3, 0.4) is 0 Å². The monoisotopic (exact) mass is 339 g/mol. The maximum absolute atomic E-state index is 12.4. The summed E-state index contributed by atoms with van der Waals surface area (Å²) in [5.41, 5.74) is 6.73. The van der Waals surface area contributed by atoms with E-state index < -0.39 is 0 Å². The number of nitrogens with zero attached hydrogens (tertiary/aromatic N) is 1.